The molecule has 0 unspecified atom stereocenters. The first-order valence-corrected chi connectivity index (χ1v) is 5.90. The molecule has 0 saturated carbocycles. The third-order valence-electron chi connectivity index (χ3n) is 3.33. The Balaban J connectivity index is 2.28. The Bertz CT molecular complexity index is 501. The average Bonchev–Trinajstić information content (AvgIpc) is 2.60. The molecule has 2 nitrogen and oxygen atoms in total. The van der Waals surface area contributed by atoms with E-state index in [-0.39, 0.29) is 0 Å². The third-order valence-corrected chi connectivity index (χ3v) is 3.33. The van der Waals surface area contributed by atoms with Crippen LogP contribution in [0.5, 0.6) is 0 Å². The van der Waals surface area contributed by atoms with Crippen molar-refractivity contribution >= 4 is 18.2 Å². The smallest absolute Gasteiger partial charge is 0.0696 e. The number of hydrogen-bond acceptors (Lipinski definition) is 1. The summed E-state index contributed by atoms with van der Waals surface area (Å²) in [5, 5.41) is 0. The minimum Gasteiger partial charge on any atom is -0.339 e. The second-order valence-electron chi connectivity index (χ2n) is 4.36. The molecule has 2 aliphatic carbocycles. The lowest BCUT2D eigenvalue weighted by atomic mass is 10.1. The predicted octanol–water partition coefficient (Wildman–Crippen LogP) is 2.98. The Morgan fingerprint density at radius 3 is 2.75 bits per heavy atom. The zero-order chi connectivity index (χ0) is 11.0. The highest BCUT2D eigenvalue weighted by Gasteiger charge is 2.18. The maximum absolute atomic E-state index is 6.18. The first-order valence-electron chi connectivity index (χ1n) is 5.90. The highest BCUT2D eigenvalue weighted by molar-refractivity contribution is 5.77. The Morgan fingerprint density at radius 1 is 1.00 bits per heavy atom. The zero-order valence-corrected chi connectivity index (χ0v) is 9.32. The van der Waals surface area contributed by atoms with Gasteiger partial charge in [0.25, 0.3) is 0 Å². The van der Waals surface area contributed by atoms with Gasteiger partial charge < -0.3 is 5.84 Å². The molecule has 16 heavy (non-hydrogen) atoms. The van der Waals surface area contributed by atoms with Crippen molar-refractivity contribution in [1.82, 2.24) is 4.68 Å². The molecular weight excluding hydrogens is 196 g/mol. The van der Waals surface area contributed by atoms with Gasteiger partial charge in [0.1, 0.15) is 0 Å². The molecule has 1 aromatic rings. The molecule has 0 saturated heterocycles. The lowest BCUT2D eigenvalue weighted by Crippen LogP contribution is -2.14. The van der Waals surface area contributed by atoms with E-state index in [0.717, 1.165) is 25.0 Å². The maximum atomic E-state index is 6.18. The summed E-state index contributed by atoms with van der Waals surface area (Å²) in [6.45, 7) is 0. The first-order chi connectivity index (χ1) is 7.88. The number of nitrogens with two attached hydrogens (primary N) is 1. The molecule has 82 valence electrons. The highest BCUT2D eigenvalue weighted by atomic mass is 15.3. The van der Waals surface area contributed by atoms with E-state index in [0.29, 0.717) is 0 Å². The van der Waals surface area contributed by atoms with E-state index < -0.39 is 0 Å². The van der Waals surface area contributed by atoms with Gasteiger partial charge in [-0.15, -0.1) is 0 Å². The molecule has 0 spiro atoms. The Morgan fingerprint density at radius 2 is 1.81 bits per heavy atom. The summed E-state index contributed by atoms with van der Waals surface area (Å²) in [5.74, 6) is 6.18. The molecule has 3 rings (SSSR count). The van der Waals surface area contributed by atoms with Gasteiger partial charge in [-0.25, -0.2) is 0 Å². The maximum Gasteiger partial charge on any atom is 0.0696 e. The van der Waals surface area contributed by atoms with Crippen molar-refractivity contribution in [3.05, 3.63) is 40.7 Å². The molecule has 0 atom stereocenters. The van der Waals surface area contributed by atoms with Crippen LogP contribution in [0, 0.1) is 0 Å². The summed E-state index contributed by atoms with van der Waals surface area (Å²) in [6.07, 6.45) is 17.6. The van der Waals surface area contributed by atoms with E-state index in [9.17, 15) is 0 Å². The van der Waals surface area contributed by atoms with Crippen LogP contribution in [0.25, 0.3) is 18.2 Å². The first kappa shape index (κ1) is 9.52. The van der Waals surface area contributed by atoms with Crippen LogP contribution in [-0.4, -0.2) is 4.68 Å². The quantitative estimate of drug-likeness (QED) is 0.658. The van der Waals surface area contributed by atoms with Crippen molar-refractivity contribution in [2.45, 2.75) is 25.7 Å². The Hall–Kier alpha value is -1.70. The summed E-state index contributed by atoms with van der Waals surface area (Å²) in [6, 6.07) is 0. The molecule has 2 aliphatic rings. The third kappa shape index (κ3) is 1.33. The fourth-order valence-corrected chi connectivity index (χ4v) is 2.52. The van der Waals surface area contributed by atoms with Gasteiger partial charge in [-0.05, 0) is 31.8 Å². The van der Waals surface area contributed by atoms with E-state index in [1.165, 1.54) is 23.2 Å². The Kier molecular flexibility index (Phi) is 2.21. The van der Waals surface area contributed by atoms with Gasteiger partial charge in [0.2, 0.25) is 0 Å². The summed E-state index contributed by atoms with van der Waals surface area (Å²) >= 11 is 0. The SMILES string of the molecule is Nn1c2c(c3c1CCCC=C3)C=CCC=C2. The summed E-state index contributed by atoms with van der Waals surface area (Å²) in [7, 11) is 0. The lowest BCUT2D eigenvalue weighted by molar-refractivity contribution is 0.784. The van der Waals surface area contributed by atoms with Gasteiger partial charge in [-0.3, -0.25) is 4.68 Å². The molecular formula is C14H16N2. The van der Waals surface area contributed by atoms with E-state index >= 15 is 0 Å². The monoisotopic (exact) mass is 212 g/mol. The van der Waals surface area contributed by atoms with Gasteiger partial charge in [0, 0.05) is 16.8 Å². The van der Waals surface area contributed by atoms with Crippen molar-refractivity contribution in [3.63, 3.8) is 0 Å². The molecule has 0 radical (unpaired) electrons. The van der Waals surface area contributed by atoms with Crippen LogP contribution in [0.4, 0.5) is 0 Å². The summed E-state index contributed by atoms with van der Waals surface area (Å²) in [5.41, 5.74) is 5.02. The van der Waals surface area contributed by atoms with Crippen molar-refractivity contribution in [1.29, 1.82) is 0 Å². The van der Waals surface area contributed by atoms with E-state index in [1.807, 2.05) is 4.68 Å². The normalized spacial score (nSPS) is 17.8. The number of aromatic nitrogens is 1. The van der Waals surface area contributed by atoms with E-state index in [1.54, 1.807) is 0 Å². The fraction of sp³-hybridized carbons (Fsp3) is 0.286. The average molecular weight is 212 g/mol. The van der Waals surface area contributed by atoms with Gasteiger partial charge in [0.05, 0.1) is 5.69 Å². The Labute approximate surface area is 95.7 Å². The minimum atomic E-state index is 0.993. The minimum absolute atomic E-state index is 0.993. The van der Waals surface area contributed by atoms with Crippen molar-refractivity contribution < 1.29 is 0 Å². The second kappa shape index (κ2) is 3.71. The van der Waals surface area contributed by atoms with Crippen LogP contribution in [-0.2, 0) is 6.42 Å². The predicted molar refractivity (Wildman–Crippen MR) is 69.2 cm³/mol. The van der Waals surface area contributed by atoms with Crippen LogP contribution in [0.2, 0.25) is 0 Å². The fourth-order valence-electron chi connectivity index (χ4n) is 2.52. The van der Waals surface area contributed by atoms with Crippen LogP contribution < -0.4 is 5.84 Å². The van der Waals surface area contributed by atoms with Crippen molar-refractivity contribution in [2.75, 3.05) is 5.84 Å². The van der Waals surface area contributed by atoms with E-state index in [4.69, 9.17) is 5.84 Å². The van der Waals surface area contributed by atoms with Crippen LogP contribution >= 0.6 is 0 Å². The van der Waals surface area contributed by atoms with E-state index in [2.05, 4.69) is 36.5 Å². The van der Waals surface area contributed by atoms with Crippen molar-refractivity contribution in [3.8, 4) is 0 Å². The molecule has 1 aromatic heterocycles. The van der Waals surface area contributed by atoms with Crippen LogP contribution in [0.15, 0.2) is 18.2 Å². The topological polar surface area (TPSA) is 30.9 Å². The largest absolute Gasteiger partial charge is 0.339 e. The lowest BCUT2D eigenvalue weighted by Gasteiger charge is -2.04. The van der Waals surface area contributed by atoms with Gasteiger partial charge in [0.15, 0.2) is 0 Å². The number of rotatable bonds is 0. The molecule has 0 bridgehead atoms. The molecule has 1 heterocycles. The molecule has 2 N–H and O–H groups in total. The van der Waals surface area contributed by atoms with Gasteiger partial charge in [-0.1, -0.05) is 30.4 Å². The van der Waals surface area contributed by atoms with Crippen LogP contribution in [0.1, 0.15) is 41.8 Å². The number of allylic oxidation sites excluding steroid dienone is 3. The number of fused-ring (bicyclic) bond motifs is 3. The number of nitrogens with zero attached hydrogens (tertiary/aromatic N) is 1. The standard InChI is InChI=1S/C14H16N2/c15-16-13-9-5-1-3-7-11(13)12-8-4-2-6-10-14(12)16/h3-5,7-9H,1-2,6,10,15H2. The second-order valence-corrected chi connectivity index (χ2v) is 4.36. The molecule has 0 amide bonds. The zero-order valence-electron chi connectivity index (χ0n) is 9.32. The molecule has 2 heteroatoms. The van der Waals surface area contributed by atoms with Gasteiger partial charge >= 0.3 is 0 Å². The summed E-state index contributed by atoms with van der Waals surface area (Å²) < 4.78 is 1.87. The van der Waals surface area contributed by atoms with Gasteiger partial charge in [-0.2, -0.15) is 0 Å². The summed E-state index contributed by atoms with van der Waals surface area (Å²) in [4.78, 5) is 0. The van der Waals surface area contributed by atoms with Crippen LogP contribution in [0.3, 0.4) is 0 Å². The molecule has 0 fully saturated rings. The highest BCUT2D eigenvalue weighted by Crippen LogP contribution is 2.30. The van der Waals surface area contributed by atoms with Crippen molar-refractivity contribution in [2.24, 2.45) is 0 Å². The molecule has 0 aliphatic heterocycles. The molecule has 0 aromatic carbocycles. The number of nitrogen functional groups attached to an aromatic ring is 1. The number of hydrogen-bond donors (Lipinski definition) is 1.